The Bertz CT molecular complexity index is 596. The molecule has 0 aliphatic rings. The van der Waals surface area contributed by atoms with Crippen LogP contribution in [0.15, 0.2) is 42.5 Å². The molecule has 0 aromatic heterocycles. The van der Waals surface area contributed by atoms with Crippen LogP contribution in [-0.4, -0.2) is 6.54 Å². The van der Waals surface area contributed by atoms with E-state index in [4.69, 9.17) is 16.3 Å². The Morgan fingerprint density at radius 3 is 2.57 bits per heavy atom. The summed E-state index contributed by atoms with van der Waals surface area (Å²) < 4.78 is 6.16. The Morgan fingerprint density at radius 2 is 1.86 bits per heavy atom. The van der Waals surface area contributed by atoms with Gasteiger partial charge in [-0.25, -0.2) is 0 Å². The molecular weight excluding hydrogens is 282 g/mol. The minimum absolute atomic E-state index is 0.404. The predicted octanol–water partition coefficient (Wildman–Crippen LogP) is 5.37. The quantitative estimate of drug-likeness (QED) is 0.775. The summed E-state index contributed by atoms with van der Waals surface area (Å²) in [6, 6.07) is 14.0. The summed E-state index contributed by atoms with van der Waals surface area (Å²) >= 11 is 6.34. The summed E-state index contributed by atoms with van der Waals surface area (Å²) in [6.07, 6.45) is 0. The SMILES string of the molecule is CCNCc1cccc(Cl)c1Oc1ccccc1C(C)C. The minimum atomic E-state index is 0.404. The van der Waals surface area contributed by atoms with Crippen molar-refractivity contribution >= 4 is 11.6 Å². The normalized spacial score (nSPS) is 10.9. The van der Waals surface area contributed by atoms with Gasteiger partial charge in [0.25, 0.3) is 0 Å². The lowest BCUT2D eigenvalue weighted by Crippen LogP contribution is -2.12. The van der Waals surface area contributed by atoms with Crippen LogP contribution in [0, 0.1) is 0 Å². The molecule has 0 aliphatic heterocycles. The Morgan fingerprint density at radius 1 is 1.10 bits per heavy atom. The van der Waals surface area contributed by atoms with E-state index in [0.29, 0.717) is 10.9 Å². The second-order valence-electron chi connectivity index (χ2n) is 5.30. The molecule has 0 aliphatic carbocycles. The molecule has 0 bridgehead atoms. The van der Waals surface area contributed by atoms with Crippen molar-refractivity contribution in [1.82, 2.24) is 5.32 Å². The Balaban J connectivity index is 2.35. The highest BCUT2D eigenvalue weighted by molar-refractivity contribution is 6.32. The maximum atomic E-state index is 6.34. The molecule has 0 amide bonds. The molecule has 2 aromatic rings. The van der Waals surface area contributed by atoms with Crippen molar-refractivity contribution in [3.8, 4) is 11.5 Å². The van der Waals surface area contributed by atoms with Crippen molar-refractivity contribution in [3.63, 3.8) is 0 Å². The van der Waals surface area contributed by atoms with Gasteiger partial charge in [0.15, 0.2) is 5.75 Å². The molecule has 0 atom stereocenters. The fourth-order valence-corrected chi connectivity index (χ4v) is 2.46. The smallest absolute Gasteiger partial charge is 0.150 e. The highest BCUT2D eigenvalue weighted by atomic mass is 35.5. The van der Waals surface area contributed by atoms with Crippen molar-refractivity contribution in [1.29, 1.82) is 0 Å². The highest BCUT2D eigenvalue weighted by Gasteiger charge is 2.13. The van der Waals surface area contributed by atoms with Gasteiger partial charge in [0.2, 0.25) is 0 Å². The van der Waals surface area contributed by atoms with Crippen molar-refractivity contribution < 1.29 is 4.74 Å². The molecule has 0 fully saturated rings. The van der Waals surface area contributed by atoms with Crippen molar-refractivity contribution in [3.05, 3.63) is 58.6 Å². The molecule has 0 spiro atoms. The molecule has 3 heteroatoms. The number of nitrogens with one attached hydrogen (secondary N) is 1. The van der Waals surface area contributed by atoms with Crippen LogP contribution >= 0.6 is 11.6 Å². The highest BCUT2D eigenvalue weighted by Crippen LogP contribution is 2.36. The van der Waals surface area contributed by atoms with Crippen LogP contribution in [0.25, 0.3) is 0 Å². The molecule has 2 aromatic carbocycles. The fraction of sp³-hybridized carbons (Fsp3) is 0.333. The first-order valence-electron chi connectivity index (χ1n) is 7.38. The number of ether oxygens (including phenoxy) is 1. The number of rotatable bonds is 6. The molecule has 21 heavy (non-hydrogen) atoms. The van der Waals surface area contributed by atoms with E-state index in [1.54, 1.807) is 0 Å². The summed E-state index contributed by atoms with van der Waals surface area (Å²) in [5.41, 5.74) is 2.26. The molecule has 1 N–H and O–H groups in total. The molecule has 2 nitrogen and oxygen atoms in total. The van der Waals surface area contributed by atoms with Crippen LogP contribution in [-0.2, 0) is 6.54 Å². The maximum absolute atomic E-state index is 6.34. The topological polar surface area (TPSA) is 21.3 Å². The second kappa shape index (κ2) is 7.48. The van der Waals surface area contributed by atoms with Crippen LogP contribution in [0.2, 0.25) is 5.02 Å². The molecule has 2 rings (SSSR count). The van der Waals surface area contributed by atoms with Gasteiger partial charge in [0.1, 0.15) is 5.75 Å². The molecule has 0 saturated heterocycles. The second-order valence-corrected chi connectivity index (χ2v) is 5.71. The number of halogens is 1. The average molecular weight is 304 g/mol. The van der Waals surface area contributed by atoms with Gasteiger partial charge in [-0.15, -0.1) is 0 Å². The van der Waals surface area contributed by atoms with Crippen LogP contribution in [0.1, 0.15) is 37.8 Å². The van der Waals surface area contributed by atoms with Gasteiger partial charge in [-0.05, 0) is 30.2 Å². The third-order valence-corrected chi connectivity index (χ3v) is 3.66. The third-order valence-electron chi connectivity index (χ3n) is 3.37. The summed E-state index contributed by atoms with van der Waals surface area (Å²) in [7, 11) is 0. The van der Waals surface area contributed by atoms with Gasteiger partial charge < -0.3 is 10.1 Å². The van der Waals surface area contributed by atoms with E-state index in [1.807, 2.05) is 36.4 Å². The summed E-state index contributed by atoms with van der Waals surface area (Å²) in [5.74, 6) is 2.02. The zero-order valence-corrected chi connectivity index (χ0v) is 13.6. The lowest BCUT2D eigenvalue weighted by Gasteiger charge is -2.17. The van der Waals surface area contributed by atoms with Gasteiger partial charge in [-0.3, -0.25) is 0 Å². The first-order chi connectivity index (χ1) is 10.1. The monoisotopic (exact) mass is 303 g/mol. The van der Waals surface area contributed by atoms with Crippen LogP contribution < -0.4 is 10.1 Å². The van der Waals surface area contributed by atoms with Gasteiger partial charge in [-0.1, -0.05) is 62.7 Å². The van der Waals surface area contributed by atoms with Gasteiger partial charge in [-0.2, -0.15) is 0 Å². The predicted molar refractivity (Wildman–Crippen MR) is 89.4 cm³/mol. The molecule has 112 valence electrons. The van der Waals surface area contributed by atoms with E-state index >= 15 is 0 Å². The number of benzene rings is 2. The molecule has 0 saturated carbocycles. The minimum Gasteiger partial charge on any atom is -0.455 e. The summed E-state index contributed by atoms with van der Waals surface area (Å²) in [4.78, 5) is 0. The van der Waals surface area contributed by atoms with Gasteiger partial charge in [0.05, 0.1) is 5.02 Å². The zero-order chi connectivity index (χ0) is 15.2. The third kappa shape index (κ3) is 3.99. The van der Waals surface area contributed by atoms with Crippen LogP contribution in [0.5, 0.6) is 11.5 Å². The zero-order valence-electron chi connectivity index (χ0n) is 12.8. The van der Waals surface area contributed by atoms with Gasteiger partial charge >= 0.3 is 0 Å². The van der Waals surface area contributed by atoms with Crippen molar-refractivity contribution in [2.45, 2.75) is 33.2 Å². The van der Waals surface area contributed by atoms with Crippen LogP contribution in [0.4, 0.5) is 0 Å². The van der Waals surface area contributed by atoms with E-state index in [1.165, 1.54) is 5.56 Å². The Hall–Kier alpha value is -1.51. The van der Waals surface area contributed by atoms with E-state index < -0.39 is 0 Å². The largest absolute Gasteiger partial charge is 0.455 e. The summed E-state index contributed by atoms with van der Waals surface area (Å²) in [6.45, 7) is 8.06. The van der Waals surface area contributed by atoms with E-state index in [0.717, 1.165) is 30.2 Å². The lowest BCUT2D eigenvalue weighted by atomic mass is 10.0. The standard InChI is InChI=1S/C18H22ClNO/c1-4-20-12-14-8-7-10-16(19)18(14)21-17-11-6-5-9-15(17)13(2)3/h5-11,13,20H,4,12H2,1-3H3. The first-order valence-corrected chi connectivity index (χ1v) is 7.76. The van der Waals surface area contributed by atoms with E-state index in [-0.39, 0.29) is 0 Å². The first kappa shape index (κ1) is 15.9. The van der Waals surface area contributed by atoms with Crippen molar-refractivity contribution in [2.24, 2.45) is 0 Å². The van der Waals surface area contributed by atoms with Gasteiger partial charge in [0, 0.05) is 12.1 Å². The molecular formula is C18H22ClNO. The molecule has 0 unspecified atom stereocenters. The summed E-state index contributed by atoms with van der Waals surface area (Å²) in [5, 5.41) is 3.96. The number of para-hydroxylation sites is 2. The average Bonchev–Trinajstić information content (AvgIpc) is 2.48. The molecule has 0 heterocycles. The Kier molecular flexibility index (Phi) is 5.66. The Labute approximate surface area is 132 Å². The molecule has 0 radical (unpaired) electrons. The maximum Gasteiger partial charge on any atom is 0.150 e. The van der Waals surface area contributed by atoms with E-state index in [2.05, 4.69) is 32.2 Å². The van der Waals surface area contributed by atoms with Crippen molar-refractivity contribution in [2.75, 3.05) is 6.54 Å². The number of hydrogen-bond acceptors (Lipinski definition) is 2. The number of hydrogen-bond donors (Lipinski definition) is 1. The van der Waals surface area contributed by atoms with Crippen LogP contribution in [0.3, 0.4) is 0 Å². The lowest BCUT2D eigenvalue weighted by molar-refractivity contribution is 0.464. The fourth-order valence-electron chi connectivity index (χ4n) is 2.23. The van der Waals surface area contributed by atoms with E-state index in [9.17, 15) is 0 Å².